The predicted octanol–water partition coefficient (Wildman–Crippen LogP) is 1.79. The summed E-state index contributed by atoms with van der Waals surface area (Å²) in [5.74, 6) is -0.259. The molecule has 2 rings (SSSR count). The zero-order valence-electron chi connectivity index (χ0n) is 5.34. The Kier molecular flexibility index (Phi) is 1.07. The van der Waals surface area contributed by atoms with Gasteiger partial charge < -0.3 is 0 Å². The topological polar surface area (TPSA) is 12.9 Å². The Morgan fingerprint density at radius 1 is 1.50 bits per heavy atom. The smallest absolute Gasteiger partial charge is 0.142 e. The van der Waals surface area contributed by atoms with E-state index in [0.29, 0.717) is 0 Å². The highest BCUT2D eigenvalue weighted by molar-refractivity contribution is 5.57. The predicted molar refractivity (Wildman–Crippen MR) is 36.9 cm³/mol. The molecule has 0 atom stereocenters. The number of fused-ring (bicyclic) bond motifs is 1. The lowest BCUT2D eigenvalue weighted by Crippen LogP contribution is -1.88. The summed E-state index contributed by atoms with van der Waals surface area (Å²) in [4.78, 5) is 3.92. The molecule has 0 saturated heterocycles. The van der Waals surface area contributed by atoms with Crippen LogP contribution in [-0.4, -0.2) is 4.98 Å². The molecule has 50 valence electrons. The standard InChI is InChI=1S/C8H6FN/c9-7-4-6-2-1-3-8(6)10-5-7/h1-2,4-5H,3H2. The average Bonchev–Trinajstić information content (AvgIpc) is 2.33. The summed E-state index contributed by atoms with van der Waals surface area (Å²) in [7, 11) is 0. The number of hydrogen-bond donors (Lipinski definition) is 0. The fourth-order valence-corrected chi connectivity index (χ4v) is 1.10. The van der Waals surface area contributed by atoms with E-state index in [2.05, 4.69) is 4.98 Å². The first-order chi connectivity index (χ1) is 4.86. The Bertz CT molecular complexity index is 291. The van der Waals surface area contributed by atoms with Gasteiger partial charge in [0.05, 0.1) is 11.9 Å². The van der Waals surface area contributed by atoms with Gasteiger partial charge in [-0.2, -0.15) is 0 Å². The van der Waals surface area contributed by atoms with E-state index in [9.17, 15) is 4.39 Å². The summed E-state index contributed by atoms with van der Waals surface area (Å²) in [6.07, 6.45) is 5.98. The minimum atomic E-state index is -0.259. The molecular weight excluding hydrogens is 129 g/mol. The highest BCUT2D eigenvalue weighted by Crippen LogP contribution is 2.16. The van der Waals surface area contributed by atoms with Gasteiger partial charge in [0.2, 0.25) is 0 Å². The maximum absolute atomic E-state index is 12.5. The van der Waals surface area contributed by atoms with Crippen LogP contribution in [0.4, 0.5) is 4.39 Å². The van der Waals surface area contributed by atoms with E-state index in [0.717, 1.165) is 17.7 Å². The van der Waals surface area contributed by atoms with E-state index in [1.807, 2.05) is 12.2 Å². The molecular formula is C8H6FN. The minimum absolute atomic E-state index is 0.259. The molecule has 1 nitrogen and oxygen atoms in total. The van der Waals surface area contributed by atoms with Crippen LogP contribution in [0, 0.1) is 5.82 Å². The zero-order chi connectivity index (χ0) is 6.97. The quantitative estimate of drug-likeness (QED) is 0.528. The minimum Gasteiger partial charge on any atom is -0.257 e. The fraction of sp³-hybridized carbons (Fsp3) is 0.125. The molecule has 2 heteroatoms. The Morgan fingerprint density at radius 2 is 2.40 bits per heavy atom. The number of nitrogens with zero attached hydrogens (tertiary/aromatic N) is 1. The number of halogens is 1. The second kappa shape index (κ2) is 1.90. The molecule has 0 bridgehead atoms. The van der Waals surface area contributed by atoms with Crippen molar-refractivity contribution in [2.45, 2.75) is 6.42 Å². The number of hydrogen-bond acceptors (Lipinski definition) is 1. The molecule has 0 saturated carbocycles. The van der Waals surface area contributed by atoms with Crippen molar-refractivity contribution in [2.75, 3.05) is 0 Å². The number of pyridine rings is 1. The molecule has 1 aromatic heterocycles. The van der Waals surface area contributed by atoms with Crippen LogP contribution in [0.2, 0.25) is 0 Å². The highest BCUT2D eigenvalue weighted by atomic mass is 19.1. The third-order valence-electron chi connectivity index (χ3n) is 1.58. The van der Waals surface area contributed by atoms with Crippen LogP contribution >= 0.6 is 0 Å². The van der Waals surface area contributed by atoms with Gasteiger partial charge in [0.15, 0.2) is 0 Å². The van der Waals surface area contributed by atoms with Gasteiger partial charge in [-0.1, -0.05) is 12.2 Å². The molecule has 0 N–H and O–H groups in total. The van der Waals surface area contributed by atoms with Crippen LogP contribution in [0.1, 0.15) is 11.3 Å². The second-order valence-corrected chi connectivity index (χ2v) is 2.30. The molecule has 0 aromatic carbocycles. The Hall–Kier alpha value is -1.18. The van der Waals surface area contributed by atoms with E-state index in [-0.39, 0.29) is 5.82 Å². The summed E-state index contributed by atoms with van der Waals surface area (Å²) in [6.45, 7) is 0. The second-order valence-electron chi connectivity index (χ2n) is 2.30. The summed E-state index contributed by atoms with van der Waals surface area (Å²) < 4.78 is 12.5. The van der Waals surface area contributed by atoms with Crippen LogP contribution in [0.15, 0.2) is 18.3 Å². The Morgan fingerprint density at radius 3 is 3.30 bits per heavy atom. The molecule has 1 aliphatic carbocycles. The number of allylic oxidation sites excluding steroid dienone is 1. The third-order valence-corrected chi connectivity index (χ3v) is 1.58. The molecule has 0 aliphatic heterocycles. The maximum Gasteiger partial charge on any atom is 0.142 e. The largest absolute Gasteiger partial charge is 0.257 e. The van der Waals surface area contributed by atoms with Crippen LogP contribution in [0.3, 0.4) is 0 Å². The van der Waals surface area contributed by atoms with E-state index in [1.54, 1.807) is 0 Å². The number of aromatic nitrogens is 1. The summed E-state index contributed by atoms with van der Waals surface area (Å²) in [5, 5.41) is 0. The fourth-order valence-electron chi connectivity index (χ4n) is 1.10. The first-order valence-corrected chi connectivity index (χ1v) is 3.17. The first kappa shape index (κ1) is 5.59. The molecule has 0 radical (unpaired) electrons. The van der Waals surface area contributed by atoms with Crippen LogP contribution in [-0.2, 0) is 6.42 Å². The Labute approximate surface area is 58.2 Å². The van der Waals surface area contributed by atoms with E-state index >= 15 is 0 Å². The van der Waals surface area contributed by atoms with Gasteiger partial charge in [0.25, 0.3) is 0 Å². The van der Waals surface area contributed by atoms with Gasteiger partial charge in [-0.25, -0.2) is 4.39 Å². The first-order valence-electron chi connectivity index (χ1n) is 3.17. The summed E-state index contributed by atoms with van der Waals surface area (Å²) >= 11 is 0. The van der Waals surface area contributed by atoms with Crippen molar-refractivity contribution < 1.29 is 4.39 Å². The van der Waals surface area contributed by atoms with Crippen molar-refractivity contribution in [3.63, 3.8) is 0 Å². The maximum atomic E-state index is 12.5. The van der Waals surface area contributed by atoms with Crippen LogP contribution in [0.5, 0.6) is 0 Å². The van der Waals surface area contributed by atoms with Crippen molar-refractivity contribution in [1.82, 2.24) is 4.98 Å². The van der Waals surface area contributed by atoms with Crippen molar-refractivity contribution in [3.05, 3.63) is 35.4 Å². The lowest BCUT2D eigenvalue weighted by atomic mass is 10.2. The molecule has 0 spiro atoms. The Balaban J connectivity index is 2.60. The highest BCUT2D eigenvalue weighted by Gasteiger charge is 2.05. The molecule has 0 amide bonds. The lowest BCUT2D eigenvalue weighted by molar-refractivity contribution is 0.619. The summed E-state index contributed by atoms with van der Waals surface area (Å²) in [6, 6.07) is 1.51. The van der Waals surface area contributed by atoms with Gasteiger partial charge in [-0.05, 0) is 11.6 Å². The van der Waals surface area contributed by atoms with E-state index < -0.39 is 0 Å². The van der Waals surface area contributed by atoms with Crippen molar-refractivity contribution in [2.24, 2.45) is 0 Å². The van der Waals surface area contributed by atoms with E-state index in [4.69, 9.17) is 0 Å². The molecule has 1 aromatic rings. The van der Waals surface area contributed by atoms with Crippen LogP contribution < -0.4 is 0 Å². The van der Waals surface area contributed by atoms with Gasteiger partial charge >= 0.3 is 0 Å². The van der Waals surface area contributed by atoms with E-state index in [1.165, 1.54) is 12.3 Å². The van der Waals surface area contributed by atoms with Gasteiger partial charge in [-0.3, -0.25) is 4.98 Å². The monoisotopic (exact) mass is 135 g/mol. The molecule has 1 heterocycles. The normalized spacial score (nSPS) is 13.7. The van der Waals surface area contributed by atoms with Crippen LogP contribution in [0.25, 0.3) is 6.08 Å². The molecule has 0 fully saturated rings. The average molecular weight is 135 g/mol. The number of rotatable bonds is 0. The molecule has 0 unspecified atom stereocenters. The third kappa shape index (κ3) is 0.727. The molecule has 10 heavy (non-hydrogen) atoms. The van der Waals surface area contributed by atoms with Crippen molar-refractivity contribution in [1.29, 1.82) is 0 Å². The lowest BCUT2D eigenvalue weighted by Gasteiger charge is -1.94. The SMILES string of the molecule is Fc1cnc2c(c1)C=CC2. The molecule has 1 aliphatic rings. The van der Waals surface area contributed by atoms with Gasteiger partial charge in [-0.15, -0.1) is 0 Å². The van der Waals surface area contributed by atoms with Crippen molar-refractivity contribution in [3.8, 4) is 0 Å². The van der Waals surface area contributed by atoms with Crippen molar-refractivity contribution >= 4 is 6.08 Å². The van der Waals surface area contributed by atoms with Gasteiger partial charge in [0, 0.05) is 6.42 Å². The summed E-state index contributed by atoms with van der Waals surface area (Å²) in [5.41, 5.74) is 1.89. The zero-order valence-corrected chi connectivity index (χ0v) is 5.34. The van der Waals surface area contributed by atoms with Gasteiger partial charge in [0.1, 0.15) is 5.82 Å².